The molecule has 2 aliphatic heterocycles. The first-order valence-corrected chi connectivity index (χ1v) is 9.32. The van der Waals surface area contributed by atoms with Gasteiger partial charge in [-0.25, -0.2) is 4.98 Å². The Bertz CT molecular complexity index is 520. The van der Waals surface area contributed by atoms with Crippen molar-refractivity contribution in [2.45, 2.75) is 45.4 Å². The van der Waals surface area contributed by atoms with Gasteiger partial charge in [-0.3, -0.25) is 9.69 Å². The molecule has 2 aliphatic rings. The van der Waals surface area contributed by atoms with Crippen LogP contribution in [0.15, 0.2) is 5.38 Å². The Morgan fingerprint density at radius 2 is 2.09 bits per heavy atom. The van der Waals surface area contributed by atoms with E-state index in [1.54, 1.807) is 0 Å². The molecule has 6 nitrogen and oxygen atoms in total. The predicted octanol–water partition coefficient (Wildman–Crippen LogP) is 1.69. The van der Waals surface area contributed by atoms with Gasteiger partial charge in [0.1, 0.15) is 0 Å². The van der Waals surface area contributed by atoms with Crippen LogP contribution in [0.25, 0.3) is 0 Å². The molecule has 0 spiro atoms. The maximum Gasteiger partial charge on any atom is 0.229 e. The van der Waals surface area contributed by atoms with E-state index in [2.05, 4.69) is 34.4 Å². The SMILES string of the molecule is CC1CN(Cc2csc(NC(=O)C3CCNCC3)n2)CC(C)O1. The second-order valence-electron chi connectivity index (χ2n) is 6.61. The van der Waals surface area contributed by atoms with E-state index in [0.717, 1.165) is 56.4 Å². The molecular weight excluding hydrogens is 312 g/mol. The zero-order valence-electron chi connectivity index (χ0n) is 13.9. The summed E-state index contributed by atoms with van der Waals surface area (Å²) in [6.45, 7) is 8.74. The van der Waals surface area contributed by atoms with Crippen LogP contribution in [-0.4, -0.2) is 54.2 Å². The Morgan fingerprint density at radius 1 is 1.39 bits per heavy atom. The molecule has 3 heterocycles. The fourth-order valence-corrected chi connectivity index (χ4v) is 4.08. The minimum absolute atomic E-state index is 0.112. The lowest BCUT2D eigenvalue weighted by molar-refractivity contribution is -0.120. The van der Waals surface area contributed by atoms with Crippen LogP contribution in [0.3, 0.4) is 0 Å². The molecule has 0 saturated carbocycles. The molecule has 0 radical (unpaired) electrons. The lowest BCUT2D eigenvalue weighted by Crippen LogP contribution is -2.44. The van der Waals surface area contributed by atoms with Gasteiger partial charge in [-0.05, 0) is 39.8 Å². The summed E-state index contributed by atoms with van der Waals surface area (Å²) in [5, 5.41) is 9.03. The summed E-state index contributed by atoms with van der Waals surface area (Å²) >= 11 is 1.52. The van der Waals surface area contributed by atoms with Crippen molar-refractivity contribution in [3.8, 4) is 0 Å². The quantitative estimate of drug-likeness (QED) is 0.874. The molecule has 2 N–H and O–H groups in total. The maximum atomic E-state index is 12.3. The minimum Gasteiger partial charge on any atom is -0.373 e. The molecule has 2 atom stereocenters. The van der Waals surface area contributed by atoms with Crippen LogP contribution in [0.2, 0.25) is 0 Å². The minimum atomic E-state index is 0.112. The molecule has 23 heavy (non-hydrogen) atoms. The molecule has 1 amide bonds. The van der Waals surface area contributed by atoms with E-state index in [1.807, 2.05) is 5.38 Å². The van der Waals surface area contributed by atoms with Gasteiger partial charge >= 0.3 is 0 Å². The van der Waals surface area contributed by atoms with Gasteiger partial charge in [-0.1, -0.05) is 0 Å². The number of rotatable bonds is 4. The van der Waals surface area contributed by atoms with Crippen molar-refractivity contribution < 1.29 is 9.53 Å². The third-order valence-electron chi connectivity index (χ3n) is 4.37. The number of carbonyl (C=O) groups is 1. The van der Waals surface area contributed by atoms with Crippen LogP contribution < -0.4 is 10.6 Å². The maximum absolute atomic E-state index is 12.3. The van der Waals surface area contributed by atoms with Crippen LogP contribution >= 0.6 is 11.3 Å². The van der Waals surface area contributed by atoms with E-state index in [4.69, 9.17) is 4.74 Å². The molecule has 128 valence electrons. The Hall–Kier alpha value is -1.02. The third kappa shape index (κ3) is 4.73. The summed E-state index contributed by atoms with van der Waals surface area (Å²) in [6, 6.07) is 0. The largest absolute Gasteiger partial charge is 0.373 e. The van der Waals surface area contributed by atoms with Crippen LogP contribution in [0, 0.1) is 5.92 Å². The average Bonchev–Trinajstić information content (AvgIpc) is 2.94. The van der Waals surface area contributed by atoms with Crippen molar-refractivity contribution in [3.05, 3.63) is 11.1 Å². The first-order valence-electron chi connectivity index (χ1n) is 8.44. The monoisotopic (exact) mass is 338 g/mol. The van der Waals surface area contributed by atoms with Crippen LogP contribution in [0.1, 0.15) is 32.4 Å². The number of carbonyl (C=O) groups excluding carboxylic acids is 1. The van der Waals surface area contributed by atoms with Gasteiger partial charge in [0.05, 0.1) is 17.9 Å². The number of hydrogen-bond acceptors (Lipinski definition) is 6. The van der Waals surface area contributed by atoms with E-state index < -0.39 is 0 Å². The number of nitrogens with zero attached hydrogens (tertiary/aromatic N) is 2. The van der Waals surface area contributed by atoms with Gasteiger partial charge < -0.3 is 15.4 Å². The fourth-order valence-electron chi connectivity index (χ4n) is 3.37. The van der Waals surface area contributed by atoms with Crippen molar-refractivity contribution in [1.82, 2.24) is 15.2 Å². The van der Waals surface area contributed by atoms with Gasteiger partial charge in [0.2, 0.25) is 5.91 Å². The summed E-state index contributed by atoms with van der Waals surface area (Å²) < 4.78 is 5.76. The zero-order valence-corrected chi connectivity index (χ0v) is 14.7. The Labute approximate surface area is 141 Å². The van der Waals surface area contributed by atoms with E-state index >= 15 is 0 Å². The summed E-state index contributed by atoms with van der Waals surface area (Å²) in [4.78, 5) is 19.2. The van der Waals surface area contributed by atoms with Crippen molar-refractivity contribution in [1.29, 1.82) is 0 Å². The Balaban J connectivity index is 1.52. The van der Waals surface area contributed by atoms with Gasteiger partial charge in [0.25, 0.3) is 0 Å². The number of morpholine rings is 1. The number of anilines is 1. The molecule has 0 aromatic carbocycles. The number of nitrogens with one attached hydrogen (secondary N) is 2. The molecule has 2 fully saturated rings. The Morgan fingerprint density at radius 3 is 2.78 bits per heavy atom. The standard InChI is InChI=1S/C16H26N4O2S/c1-11-7-20(8-12(2)22-11)9-14-10-23-16(18-14)19-15(21)13-3-5-17-6-4-13/h10-13,17H,3-9H2,1-2H3,(H,18,19,21). The van der Waals surface area contributed by atoms with E-state index in [9.17, 15) is 4.79 Å². The molecule has 1 aromatic rings. The second-order valence-corrected chi connectivity index (χ2v) is 7.47. The zero-order chi connectivity index (χ0) is 16.2. The normalized spacial score (nSPS) is 27.0. The van der Waals surface area contributed by atoms with Crippen molar-refractivity contribution >= 4 is 22.4 Å². The second kappa shape index (κ2) is 7.70. The average molecular weight is 338 g/mol. The van der Waals surface area contributed by atoms with Gasteiger partial charge in [0.15, 0.2) is 5.13 Å². The molecule has 3 rings (SSSR count). The molecule has 0 aliphatic carbocycles. The number of hydrogen-bond donors (Lipinski definition) is 2. The highest BCUT2D eigenvalue weighted by molar-refractivity contribution is 7.13. The molecule has 7 heteroatoms. The lowest BCUT2D eigenvalue weighted by Gasteiger charge is -2.34. The number of amides is 1. The van der Waals surface area contributed by atoms with E-state index in [-0.39, 0.29) is 24.0 Å². The third-order valence-corrected chi connectivity index (χ3v) is 5.18. The van der Waals surface area contributed by atoms with Gasteiger partial charge in [-0.15, -0.1) is 11.3 Å². The molecule has 2 unspecified atom stereocenters. The summed E-state index contributed by atoms with van der Waals surface area (Å²) in [5.41, 5.74) is 1.02. The van der Waals surface area contributed by atoms with Crippen molar-refractivity contribution in [2.75, 3.05) is 31.5 Å². The number of aromatic nitrogens is 1. The van der Waals surface area contributed by atoms with Crippen LogP contribution in [0.5, 0.6) is 0 Å². The van der Waals surface area contributed by atoms with E-state index in [1.165, 1.54) is 11.3 Å². The number of piperidine rings is 1. The first kappa shape index (κ1) is 16.8. The van der Waals surface area contributed by atoms with E-state index in [0.29, 0.717) is 0 Å². The van der Waals surface area contributed by atoms with Crippen molar-refractivity contribution in [3.63, 3.8) is 0 Å². The van der Waals surface area contributed by atoms with Crippen LogP contribution in [0.4, 0.5) is 5.13 Å². The molecular formula is C16H26N4O2S. The smallest absolute Gasteiger partial charge is 0.229 e. The molecule has 0 bridgehead atoms. The first-order chi connectivity index (χ1) is 11.1. The molecule has 1 aromatic heterocycles. The van der Waals surface area contributed by atoms with Crippen LogP contribution in [-0.2, 0) is 16.1 Å². The fraction of sp³-hybridized carbons (Fsp3) is 0.750. The number of ether oxygens (including phenoxy) is 1. The summed E-state index contributed by atoms with van der Waals surface area (Å²) in [6.07, 6.45) is 2.34. The summed E-state index contributed by atoms with van der Waals surface area (Å²) in [5.74, 6) is 0.227. The molecule has 2 saturated heterocycles. The highest BCUT2D eigenvalue weighted by Gasteiger charge is 2.24. The van der Waals surface area contributed by atoms with Gasteiger partial charge in [0, 0.05) is 30.9 Å². The lowest BCUT2D eigenvalue weighted by atomic mass is 9.97. The Kier molecular flexibility index (Phi) is 5.63. The highest BCUT2D eigenvalue weighted by Crippen LogP contribution is 2.21. The predicted molar refractivity (Wildman–Crippen MR) is 91.6 cm³/mol. The van der Waals surface area contributed by atoms with Gasteiger partial charge in [-0.2, -0.15) is 0 Å². The topological polar surface area (TPSA) is 66.5 Å². The van der Waals surface area contributed by atoms with Crippen molar-refractivity contribution in [2.24, 2.45) is 5.92 Å². The highest BCUT2D eigenvalue weighted by atomic mass is 32.1. The summed E-state index contributed by atoms with van der Waals surface area (Å²) in [7, 11) is 0. The number of thiazole rings is 1.